The lowest BCUT2D eigenvalue weighted by Gasteiger charge is -2.14. The van der Waals surface area contributed by atoms with Crippen LogP contribution in [0.2, 0.25) is 0 Å². The quantitative estimate of drug-likeness (QED) is 0.687. The van der Waals surface area contributed by atoms with E-state index in [1.54, 1.807) is 31.2 Å². The first kappa shape index (κ1) is 20.8. The molecule has 0 radical (unpaired) electrons. The summed E-state index contributed by atoms with van der Waals surface area (Å²) < 4.78 is 51.0. The van der Waals surface area contributed by atoms with Crippen molar-refractivity contribution in [2.24, 2.45) is 0 Å². The number of nitrogens with one attached hydrogen (secondary N) is 1. The molecule has 1 unspecified atom stereocenters. The Morgan fingerprint density at radius 3 is 2.64 bits per heavy atom. The molecule has 1 amide bonds. The molecule has 1 N–H and O–H groups in total. The van der Waals surface area contributed by atoms with Crippen molar-refractivity contribution in [2.75, 3.05) is 26.9 Å². The monoisotopic (exact) mass is 361 g/mol. The van der Waals surface area contributed by atoms with Gasteiger partial charge < -0.3 is 19.5 Å². The standard InChI is InChI=1S/C17H22F3NO4/c1-4-25-15-9-13(5-7-14(15)23-3)6-8-16(22)21-12(2)10-24-11-17(18,19)20/h5-9,12H,4,10-11H2,1-3H3,(H,21,22)/b8-6+. The molecule has 0 saturated carbocycles. The SMILES string of the molecule is CCOc1cc(/C=C/C(=O)NC(C)COCC(F)(F)F)ccc1OC. The molecular formula is C17H22F3NO4. The Bertz CT molecular complexity index is 588. The van der Waals surface area contributed by atoms with Crippen molar-refractivity contribution in [1.82, 2.24) is 5.32 Å². The van der Waals surface area contributed by atoms with Crippen LogP contribution in [-0.2, 0) is 9.53 Å². The van der Waals surface area contributed by atoms with Crippen LogP contribution in [0.25, 0.3) is 6.08 Å². The van der Waals surface area contributed by atoms with E-state index in [1.807, 2.05) is 6.92 Å². The highest BCUT2D eigenvalue weighted by atomic mass is 19.4. The van der Waals surface area contributed by atoms with Crippen molar-refractivity contribution in [3.8, 4) is 11.5 Å². The zero-order valence-corrected chi connectivity index (χ0v) is 14.4. The van der Waals surface area contributed by atoms with Gasteiger partial charge in [-0.25, -0.2) is 0 Å². The summed E-state index contributed by atoms with van der Waals surface area (Å²) in [7, 11) is 1.53. The minimum absolute atomic E-state index is 0.226. The number of ether oxygens (including phenoxy) is 3. The maximum absolute atomic E-state index is 12.0. The molecule has 0 spiro atoms. The van der Waals surface area contributed by atoms with Crippen LogP contribution < -0.4 is 14.8 Å². The van der Waals surface area contributed by atoms with E-state index in [9.17, 15) is 18.0 Å². The molecule has 140 valence electrons. The van der Waals surface area contributed by atoms with Gasteiger partial charge >= 0.3 is 6.18 Å². The summed E-state index contributed by atoms with van der Waals surface area (Å²) in [5.74, 6) is 0.706. The van der Waals surface area contributed by atoms with Crippen molar-refractivity contribution in [1.29, 1.82) is 0 Å². The topological polar surface area (TPSA) is 56.8 Å². The Hall–Kier alpha value is -2.22. The predicted molar refractivity (Wildman–Crippen MR) is 87.7 cm³/mol. The molecule has 25 heavy (non-hydrogen) atoms. The van der Waals surface area contributed by atoms with Crippen molar-refractivity contribution in [3.63, 3.8) is 0 Å². The van der Waals surface area contributed by atoms with Gasteiger partial charge in [0.1, 0.15) is 6.61 Å². The first-order valence-electron chi connectivity index (χ1n) is 7.69. The summed E-state index contributed by atoms with van der Waals surface area (Å²) in [5, 5.41) is 2.52. The zero-order chi connectivity index (χ0) is 18.9. The fraction of sp³-hybridized carbons (Fsp3) is 0.471. The lowest BCUT2D eigenvalue weighted by Crippen LogP contribution is -2.35. The average molecular weight is 361 g/mol. The van der Waals surface area contributed by atoms with Gasteiger partial charge in [0, 0.05) is 12.1 Å². The number of methoxy groups -OCH3 is 1. The molecule has 1 atom stereocenters. The van der Waals surface area contributed by atoms with E-state index in [4.69, 9.17) is 9.47 Å². The van der Waals surface area contributed by atoms with Gasteiger partial charge in [0.05, 0.1) is 20.3 Å². The fourth-order valence-corrected chi connectivity index (χ4v) is 1.92. The van der Waals surface area contributed by atoms with Crippen LogP contribution in [0.4, 0.5) is 13.2 Å². The molecule has 0 aliphatic carbocycles. The van der Waals surface area contributed by atoms with Gasteiger partial charge in [0.25, 0.3) is 0 Å². The number of alkyl halides is 3. The van der Waals surface area contributed by atoms with Crippen LogP contribution in [0.3, 0.4) is 0 Å². The van der Waals surface area contributed by atoms with Crippen molar-refractivity contribution >= 4 is 12.0 Å². The number of hydrogen-bond donors (Lipinski definition) is 1. The van der Waals surface area contributed by atoms with Gasteiger partial charge in [0.2, 0.25) is 5.91 Å². The lowest BCUT2D eigenvalue weighted by molar-refractivity contribution is -0.175. The minimum Gasteiger partial charge on any atom is -0.493 e. The van der Waals surface area contributed by atoms with Gasteiger partial charge in [0.15, 0.2) is 11.5 Å². The molecule has 0 fully saturated rings. The smallest absolute Gasteiger partial charge is 0.411 e. The third-order valence-electron chi connectivity index (χ3n) is 2.94. The second-order valence-corrected chi connectivity index (χ2v) is 5.22. The van der Waals surface area contributed by atoms with Gasteiger partial charge in [-0.05, 0) is 37.6 Å². The maximum atomic E-state index is 12.0. The highest BCUT2D eigenvalue weighted by Gasteiger charge is 2.27. The normalized spacial score (nSPS) is 12.9. The summed E-state index contributed by atoms with van der Waals surface area (Å²) >= 11 is 0. The second-order valence-electron chi connectivity index (χ2n) is 5.22. The van der Waals surface area contributed by atoms with E-state index in [-0.39, 0.29) is 6.61 Å². The molecule has 1 rings (SSSR count). The molecule has 0 bridgehead atoms. The van der Waals surface area contributed by atoms with E-state index in [2.05, 4.69) is 10.1 Å². The molecule has 0 heterocycles. The van der Waals surface area contributed by atoms with Gasteiger partial charge in [-0.1, -0.05) is 6.07 Å². The zero-order valence-electron chi connectivity index (χ0n) is 14.4. The Balaban J connectivity index is 2.54. The largest absolute Gasteiger partial charge is 0.493 e. The number of amides is 1. The molecule has 0 aromatic heterocycles. The average Bonchev–Trinajstić information content (AvgIpc) is 2.52. The summed E-state index contributed by atoms with van der Waals surface area (Å²) in [6.45, 7) is 2.31. The molecule has 0 aliphatic heterocycles. The van der Waals surface area contributed by atoms with Crippen LogP contribution in [0.1, 0.15) is 19.4 Å². The highest BCUT2D eigenvalue weighted by molar-refractivity contribution is 5.92. The fourth-order valence-electron chi connectivity index (χ4n) is 1.92. The van der Waals surface area contributed by atoms with E-state index in [0.717, 1.165) is 5.56 Å². The van der Waals surface area contributed by atoms with Crippen molar-refractivity contribution < 1.29 is 32.2 Å². The number of halogens is 3. The first-order valence-corrected chi connectivity index (χ1v) is 7.69. The molecule has 1 aromatic rings. The summed E-state index contributed by atoms with van der Waals surface area (Å²) in [4.78, 5) is 11.8. The molecule has 0 saturated heterocycles. The summed E-state index contributed by atoms with van der Waals surface area (Å²) in [5.41, 5.74) is 0.723. The van der Waals surface area contributed by atoms with Crippen molar-refractivity contribution in [2.45, 2.75) is 26.1 Å². The first-order chi connectivity index (χ1) is 11.7. The van der Waals surface area contributed by atoms with E-state index in [1.165, 1.54) is 13.2 Å². The molecule has 1 aromatic carbocycles. The van der Waals surface area contributed by atoms with E-state index in [0.29, 0.717) is 18.1 Å². The van der Waals surface area contributed by atoms with Gasteiger partial charge in [-0.15, -0.1) is 0 Å². The van der Waals surface area contributed by atoms with Crippen LogP contribution in [0.15, 0.2) is 24.3 Å². The van der Waals surface area contributed by atoms with Crippen LogP contribution in [0, 0.1) is 0 Å². The Labute approximate surface area is 144 Å². The number of hydrogen-bond acceptors (Lipinski definition) is 4. The van der Waals surface area contributed by atoms with E-state index < -0.39 is 24.7 Å². The van der Waals surface area contributed by atoms with Gasteiger partial charge in [-0.2, -0.15) is 13.2 Å². The molecule has 8 heteroatoms. The third kappa shape index (κ3) is 8.44. The maximum Gasteiger partial charge on any atom is 0.411 e. The Morgan fingerprint density at radius 2 is 2.04 bits per heavy atom. The van der Waals surface area contributed by atoms with Crippen LogP contribution >= 0.6 is 0 Å². The van der Waals surface area contributed by atoms with Crippen molar-refractivity contribution in [3.05, 3.63) is 29.8 Å². The number of carbonyl (C=O) groups is 1. The number of rotatable bonds is 9. The Kier molecular flexibility index (Phi) is 8.27. The Morgan fingerprint density at radius 1 is 1.32 bits per heavy atom. The number of carbonyl (C=O) groups excluding carboxylic acids is 1. The molecule has 5 nitrogen and oxygen atoms in total. The summed E-state index contributed by atoms with van der Waals surface area (Å²) in [6.07, 6.45) is -1.52. The summed E-state index contributed by atoms with van der Waals surface area (Å²) in [6, 6.07) is 4.65. The minimum atomic E-state index is -4.38. The third-order valence-corrected chi connectivity index (χ3v) is 2.94. The second kappa shape index (κ2) is 9.93. The predicted octanol–water partition coefficient (Wildman–Crippen LogP) is 3.19. The van der Waals surface area contributed by atoms with E-state index >= 15 is 0 Å². The van der Waals surface area contributed by atoms with Crippen LogP contribution in [-0.4, -0.2) is 45.1 Å². The van der Waals surface area contributed by atoms with Gasteiger partial charge in [-0.3, -0.25) is 4.79 Å². The number of benzene rings is 1. The highest BCUT2D eigenvalue weighted by Crippen LogP contribution is 2.28. The van der Waals surface area contributed by atoms with Crippen LogP contribution in [0.5, 0.6) is 11.5 Å². The molecule has 0 aliphatic rings. The molecular weight excluding hydrogens is 339 g/mol. The lowest BCUT2D eigenvalue weighted by atomic mass is 10.2.